The Morgan fingerprint density at radius 1 is 1.38 bits per heavy atom. The van der Waals surface area contributed by atoms with Gasteiger partial charge in [0.1, 0.15) is 11.1 Å². The van der Waals surface area contributed by atoms with Gasteiger partial charge >= 0.3 is 0 Å². The van der Waals surface area contributed by atoms with Gasteiger partial charge in [-0.15, -0.1) is 11.3 Å². The molecule has 2 N–H and O–H groups in total. The van der Waals surface area contributed by atoms with Crippen molar-refractivity contribution in [3.8, 4) is 6.07 Å². The standard InChI is InChI=1S/C18H19N3O3S2/c1-11-7-16-15(10-20-11)14(9-19)18(25-16)21-17(22)8-12-3-5-13(6-4-12)26(2,23)24/h3-6,11,20H,7-8,10H2,1-2H3,(H,21,22). The Labute approximate surface area is 156 Å². The highest BCUT2D eigenvalue weighted by atomic mass is 32.2. The van der Waals surface area contributed by atoms with Crippen molar-refractivity contribution in [2.75, 3.05) is 11.6 Å². The van der Waals surface area contributed by atoms with Gasteiger partial charge in [0.25, 0.3) is 0 Å². The predicted octanol–water partition coefficient (Wildman–Crippen LogP) is 2.24. The lowest BCUT2D eigenvalue weighted by atomic mass is 10.0. The molecule has 0 aliphatic carbocycles. The largest absolute Gasteiger partial charge is 0.316 e. The van der Waals surface area contributed by atoms with Crippen molar-refractivity contribution in [1.29, 1.82) is 5.26 Å². The Morgan fingerprint density at radius 3 is 2.69 bits per heavy atom. The number of amides is 1. The summed E-state index contributed by atoms with van der Waals surface area (Å²) in [6, 6.07) is 8.81. The van der Waals surface area contributed by atoms with E-state index in [1.807, 2.05) is 0 Å². The van der Waals surface area contributed by atoms with Crippen LogP contribution >= 0.6 is 11.3 Å². The van der Waals surface area contributed by atoms with E-state index in [0.717, 1.165) is 23.1 Å². The quantitative estimate of drug-likeness (QED) is 0.835. The van der Waals surface area contributed by atoms with Gasteiger partial charge in [0, 0.05) is 23.7 Å². The number of benzene rings is 1. The summed E-state index contributed by atoms with van der Waals surface area (Å²) in [5.41, 5.74) is 2.22. The first kappa shape index (κ1) is 18.6. The summed E-state index contributed by atoms with van der Waals surface area (Å²) >= 11 is 1.46. The molecule has 3 rings (SSSR count). The van der Waals surface area contributed by atoms with Crippen molar-refractivity contribution in [3.63, 3.8) is 0 Å². The van der Waals surface area contributed by atoms with E-state index in [-0.39, 0.29) is 17.2 Å². The van der Waals surface area contributed by atoms with Crippen LogP contribution in [-0.2, 0) is 34.0 Å². The van der Waals surface area contributed by atoms with Crippen LogP contribution in [0.25, 0.3) is 0 Å². The number of carbonyl (C=O) groups is 1. The normalized spacial score (nSPS) is 16.6. The zero-order valence-electron chi connectivity index (χ0n) is 14.5. The van der Waals surface area contributed by atoms with Crippen LogP contribution < -0.4 is 10.6 Å². The molecule has 1 atom stereocenters. The minimum Gasteiger partial charge on any atom is -0.316 e. The molecule has 0 fully saturated rings. The van der Waals surface area contributed by atoms with Gasteiger partial charge in [-0.25, -0.2) is 8.42 Å². The fourth-order valence-electron chi connectivity index (χ4n) is 2.91. The molecule has 0 radical (unpaired) electrons. The lowest BCUT2D eigenvalue weighted by molar-refractivity contribution is -0.115. The number of carbonyl (C=O) groups excluding carboxylic acids is 1. The topological polar surface area (TPSA) is 99.1 Å². The number of rotatable bonds is 4. The molecule has 0 saturated heterocycles. The van der Waals surface area contributed by atoms with Crippen molar-refractivity contribution in [2.45, 2.75) is 37.2 Å². The first-order valence-electron chi connectivity index (χ1n) is 8.15. The van der Waals surface area contributed by atoms with E-state index < -0.39 is 9.84 Å². The number of sulfone groups is 1. The van der Waals surface area contributed by atoms with Crippen LogP contribution in [0.1, 0.15) is 28.5 Å². The van der Waals surface area contributed by atoms with Gasteiger partial charge in [0.05, 0.1) is 16.9 Å². The van der Waals surface area contributed by atoms with Gasteiger partial charge in [-0.3, -0.25) is 4.79 Å². The minimum absolute atomic E-state index is 0.117. The summed E-state index contributed by atoms with van der Waals surface area (Å²) in [4.78, 5) is 13.7. The molecule has 136 valence electrons. The Morgan fingerprint density at radius 2 is 2.08 bits per heavy atom. The van der Waals surface area contributed by atoms with Gasteiger partial charge in [-0.1, -0.05) is 12.1 Å². The molecule has 2 heterocycles. The predicted molar refractivity (Wildman–Crippen MR) is 101 cm³/mol. The molecule has 6 nitrogen and oxygen atoms in total. The Kier molecular flexibility index (Phi) is 5.14. The maximum absolute atomic E-state index is 12.4. The first-order valence-corrected chi connectivity index (χ1v) is 10.9. The second-order valence-electron chi connectivity index (χ2n) is 6.45. The number of thiophene rings is 1. The molecule has 26 heavy (non-hydrogen) atoms. The first-order chi connectivity index (χ1) is 12.3. The van der Waals surface area contributed by atoms with Crippen molar-refractivity contribution in [1.82, 2.24) is 5.32 Å². The van der Waals surface area contributed by atoms with E-state index in [1.54, 1.807) is 12.1 Å². The summed E-state index contributed by atoms with van der Waals surface area (Å²) in [7, 11) is -3.25. The van der Waals surface area contributed by atoms with Crippen molar-refractivity contribution in [3.05, 3.63) is 45.8 Å². The van der Waals surface area contributed by atoms with Crippen LogP contribution in [0, 0.1) is 11.3 Å². The van der Waals surface area contributed by atoms with Crippen LogP contribution in [0.15, 0.2) is 29.2 Å². The Balaban J connectivity index is 1.74. The zero-order valence-corrected chi connectivity index (χ0v) is 16.1. The summed E-state index contributed by atoms with van der Waals surface area (Å²) in [6.45, 7) is 2.73. The van der Waals surface area contributed by atoms with E-state index in [9.17, 15) is 18.5 Å². The number of hydrogen-bond acceptors (Lipinski definition) is 6. The molecule has 8 heteroatoms. The lowest BCUT2D eigenvalue weighted by Gasteiger charge is -2.19. The van der Waals surface area contributed by atoms with Crippen molar-refractivity contribution >= 4 is 32.1 Å². The van der Waals surface area contributed by atoms with E-state index >= 15 is 0 Å². The van der Waals surface area contributed by atoms with Crippen LogP contribution in [0.3, 0.4) is 0 Å². The molecule has 1 amide bonds. The average Bonchev–Trinajstić information content (AvgIpc) is 2.90. The molecule has 2 aromatic rings. The average molecular weight is 390 g/mol. The summed E-state index contributed by atoms with van der Waals surface area (Å²) < 4.78 is 23.0. The van der Waals surface area contributed by atoms with Crippen LogP contribution in [0.5, 0.6) is 0 Å². The highest BCUT2D eigenvalue weighted by Crippen LogP contribution is 2.35. The zero-order chi connectivity index (χ0) is 18.9. The number of anilines is 1. The monoisotopic (exact) mass is 389 g/mol. The molecular weight excluding hydrogens is 370 g/mol. The van der Waals surface area contributed by atoms with E-state index in [4.69, 9.17) is 0 Å². The molecule has 1 aliphatic heterocycles. The third-order valence-electron chi connectivity index (χ3n) is 4.29. The number of nitrogens with zero attached hydrogens (tertiary/aromatic N) is 1. The molecule has 1 unspecified atom stereocenters. The summed E-state index contributed by atoms with van der Waals surface area (Å²) in [6.07, 6.45) is 2.11. The second kappa shape index (κ2) is 7.19. The van der Waals surface area contributed by atoms with E-state index in [0.29, 0.717) is 28.7 Å². The van der Waals surface area contributed by atoms with Gasteiger partial charge in [-0.05, 0) is 36.6 Å². The minimum atomic E-state index is -3.25. The number of fused-ring (bicyclic) bond motifs is 1. The van der Waals surface area contributed by atoms with Crippen LogP contribution in [0.4, 0.5) is 5.00 Å². The third-order valence-corrected chi connectivity index (χ3v) is 6.59. The fraction of sp³-hybridized carbons (Fsp3) is 0.333. The van der Waals surface area contributed by atoms with Gasteiger partial charge < -0.3 is 10.6 Å². The molecule has 0 bridgehead atoms. The van der Waals surface area contributed by atoms with Crippen LogP contribution in [0.2, 0.25) is 0 Å². The van der Waals surface area contributed by atoms with Gasteiger partial charge in [0.2, 0.25) is 5.91 Å². The number of nitriles is 1. The maximum Gasteiger partial charge on any atom is 0.229 e. The molecule has 1 aromatic carbocycles. The Bertz CT molecular complexity index is 986. The molecule has 1 aliphatic rings. The van der Waals surface area contributed by atoms with Crippen molar-refractivity contribution in [2.24, 2.45) is 0 Å². The number of nitrogens with one attached hydrogen (secondary N) is 2. The lowest BCUT2D eigenvalue weighted by Crippen LogP contribution is -2.32. The van der Waals surface area contributed by atoms with E-state index in [2.05, 4.69) is 23.6 Å². The maximum atomic E-state index is 12.4. The van der Waals surface area contributed by atoms with Gasteiger partial charge in [-0.2, -0.15) is 5.26 Å². The Hall–Kier alpha value is -2.21. The SMILES string of the molecule is CC1Cc2sc(NC(=O)Cc3ccc(S(C)(=O)=O)cc3)c(C#N)c2CN1. The molecule has 0 spiro atoms. The van der Waals surface area contributed by atoms with Gasteiger partial charge in [0.15, 0.2) is 9.84 Å². The number of hydrogen-bond donors (Lipinski definition) is 2. The fourth-order valence-corrected chi connectivity index (χ4v) is 4.85. The van der Waals surface area contributed by atoms with E-state index in [1.165, 1.54) is 23.5 Å². The van der Waals surface area contributed by atoms with Crippen LogP contribution in [-0.4, -0.2) is 26.6 Å². The molecular formula is C18H19N3O3S2. The summed E-state index contributed by atoms with van der Waals surface area (Å²) in [5.74, 6) is -0.229. The highest BCUT2D eigenvalue weighted by Gasteiger charge is 2.24. The summed E-state index contributed by atoms with van der Waals surface area (Å²) in [5, 5.41) is 16.2. The van der Waals surface area contributed by atoms with Crippen molar-refractivity contribution < 1.29 is 13.2 Å². The second-order valence-corrected chi connectivity index (χ2v) is 9.57. The molecule has 1 aromatic heterocycles. The third kappa shape index (κ3) is 3.96. The smallest absolute Gasteiger partial charge is 0.229 e. The molecule has 0 saturated carbocycles. The highest BCUT2D eigenvalue weighted by molar-refractivity contribution is 7.90.